The summed E-state index contributed by atoms with van der Waals surface area (Å²) in [6.07, 6.45) is -0.272. The molecule has 5 heteroatoms. The van der Waals surface area contributed by atoms with Crippen LogP contribution < -0.4 is 15.0 Å². The summed E-state index contributed by atoms with van der Waals surface area (Å²) in [5.74, 6) is 0.617. The van der Waals surface area contributed by atoms with Crippen molar-refractivity contribution in [1.29, 1.82) is 0 Å². The van der Waals surface area contributed by atoms with Crippen LogP contribution in [0, 0.1) is 0 Å². The molecular formula is C19H24N2O3. The van der Waals surface area contributed by atoms with E-state index in [4.69, 9.17) is 9.47 Å². The fourth-order valence-electron chi connectivity index (χ4n) is 2.45. The zero-order chi connectivity index (χ0) is 17.5. The summed E-state index contributed by atoms with van der Waals surface area (Å²) in [4.78, 5) is 14.3. The Bertz CT molecular complexity index is 669. The van der Waals surface area contributed by atoms with Gasteiger partial charge in [0.25, 0.3) is 5.91 Å². The molecule has 1 amide bonds. The number of carbonyl (C=O) groups excluding carboxylic acids is 1. The minimum atomic E-state index is -0.272. The van der Waals surface area contributed by atoms with E-state index < -0.39 is 0 Å². The summed E-state index contributed by atoms with van der Waals surface area (Å²) in [7, 11) is 7.17. The minimum absolute atomic E-state index is 0.128. The van der Waals surface area contributed by atoms with E-state index in [1.165, 1.54) is 0 Å². The highest BCUT2D eigenvalue weighted by molar-refractivity contribution is 5.94. The highest BCUT2D eigenvalue weighted by Gasteiger charge is 2.16. The molecule has 128 valence electrons. The maximum absolute atomic E-state index is 12.3. The third-order valence-electron chi connectivity index (χ3n) is 3.86. The smallest absolute Gasteiger partial charge is 0.251 e. The van der Waals surface area contributed by atoms with Gasteiger partial charge in [-0.2, -0.15) is 0 Å². The molecule has 0 bridgehead atoms. The first kappa shape index (κ1) is 17.8. The summed E-state index contributed by atoms with van der Waals surface area (Å²) >= 11 is 0. The molecular weight excluding hydrogens is 304 g/mol. The molecule has 1 N–H and O–H groups in total. The standard InChI is InChI=1S/C19H24N2O3/c1-21(2)15-11-9-14(10-12-15)19(22)20-13-18(24-4)16-7-5-6-8-17(16)23-3/h5-12,18H,13H2,1-4H3,(H,20,22). The van der Waals surface area contributed by atoms with E-state index in [1.807, 2.05) is 67.5 Å². The van der Waals surface area contributed by atoms with Crippen molar-refractivity contribution in [1.82, 2.24) is 5.32 Å². The number of rotatable bonds is 7. The van der Waals surface area contributed by atoms with Crippen molar-refractivity contribution in [3.8, 4) is 5.75 Å². The highest BCUT2D eigenvalue weighted by atomic mass is 16.5. The highest BCUT2D eigenvalue weighted by Crippen LogP contribution is 2.26. The zero-order valence-electron chi connectivity index (χ0n) is 14.6. The maximum atomic E-state index is 12.3. The number of amides is 1. The summed E-state index contributed by atoms with van der Waals surface area (Å²) in [5.41, 5.74) is 2.58. The van der Waals surface area contributed by atoms with E-state index in [2.05, 4.69) is 5.32 Å². The molecule has 2 aromatic rings. The van der Waals surface area contributed by atoms with E-state index in [0.29, 0.717) is 12.1 Å². The predicted octanol–water partition coefficient (Wildman–Crippen LogP) is 2.88. The van der Waals surface area contributed by atoms with Crippen molar-refractivity contribution in [2.45, 2.75) is 6.10 Å². The van der Waals surface area contributed by atoms with Crippen LogP contribution in [0.1, 0.15) is 22.0 Å². The second-order valence-electron chi connectivity index (χ2n) is 5.62. The number of nitrogens with zero attached hydrogens (tertiary/aromatic N) is 1. The van der Waals surface area contributed by atoms with Gasteiger partial charge in [0.15, 0.2) is 0 Å². The Morgan fingerprint density at radius 1 is 1.08 bits per heavy atom. The average Bonchev–Trinajstić information content (AvgIpc) is 2.62. The number of hydrogen-bond acceptors (Lipinski definition) is 4. The topological polar surface area (TPSA) is 50.8 Å². The second kappa shape index (κ2) is 8.36. The number of carbonyl (C=O) groups is 1. The van der Waals surface area contributed by atoms with Crippen molar-refractivity contribution in [3.63, 3.8) is 0 Å². The average molecular weight is 328 g/mol. The van der Waals surface area contributed by atoms with Crippen molar-refractivity contribution >= 4 is 11.6 Å². The molecule has 1 unspecified atom stereocenters. The van der Waals surface area contributed by atoms with Gasteiger partial charge in [-0.1, -0.05) is 18.2 Å². The Morgan fingerprint density at radius 3 is 2.33 bits per heavy atom. The zero-order valence-corrected chi connectivity index (χ0v) is 14.6. The van der Waals surface area contributed by atoms with Crippen LogP contribution in [0.3, 0.4) is 0 Å². The molecule has 1 atom stereocenters. The fourth-order valence-corrected chi connectivity index (χ4v) is 2.45. The minimum Gasteiger partial charge on any atom is -0.496 e. The lowest BCUT2D eigenvalue weighted by Gasteiger charge is -2.19. The Morgan fingerprint density at radius 2 is 1.75 bits per heavy atom. The number of benzene rings is 2. The normalized spacial score (nSPS) is 11.7. The van der Waals surface area contributed by atoms with Gasteiger partial charge < -0.3 is 19.7 Å². The maximum Gasteiger partial charge on any atom is 0.251 e. The van der Waals surface area contributed by atoms with Gasteiger partial charge in [-0.25, -0.2) is 0 Å². The van der Waals surface area contributed by atoms with Crippen LogP contribution in [0.25, 0.3) is 0 Å². The Hall–Kier alpha value is -2.53. The van der Waals surface area contributed by atoms with Crippen molar-refractivity contribution in [2.24, 2.45) is 0 Å². The molecule has 2 rings (SSSR count). The molecule has 2 aromatic carbocycles. The van der Waals surface area contributed by atoms with Crippen LogP contribution in [-0.4, -0.2) is 40.8 Å². The third kappa shape index (κ3) is 4.26. The molecule has 24 heavy (non-hydrogen) atoms. The van der Waals surface area contributed by atoms with E-state index in [0.717, 1.165) is 17.0 Å². The molecule has 0 saturated carbocycles. The molecule has 0 radical (unpaired) electrons. The number of methoxy groups -OCH3 is 2. The quantitative estimate of drug-likeness (QED) is 0.849. The Labute approximate surface area is 143 Å². The number of ether oxygens (including phenoxy) is 2. The van der Waals surface area contributed by atoms with Gasteiger partial charge in [-0.3, -0.25) is 4.79 Å². The van der Waals surface area contributed by atoms with Crippen LogP contribution >= 0.6 is 0 Å². The molecule has 0 spiro atoms. The largest absolute Gasteiger partial charge is 0.496 e. The molecule has 5 nitrogen and oxygen atoms in total. The molecule has 0 saturated heterocycles. The van der Waals surface area contributed by atoms with E-state index in [9.17, 15) is 4.79 Å². The summed E-state index contributed by atoms with van der Waals surface area (Å²) in [5, 5.41) is 2.92. The lowest BCUT2D eigenvalue weighted by molar-refractivity contribution is 0.0819. The number of anilines is 1. The van der Waals surface area contributed by atoms with Gasteiger partial charge in [0.1, 0.15) is 11.9 Å². The molecule has 0 aliphatic heterocycles. The Kier molecular flexibility index (Phi) is 6.21. The number of para-hydroxylation sites is 1. The fraction of sp³-hybridized carbons (Fsp3) is 0.316. The van der Waals surface area contributed by atoms with Crippen molar-refractivity contribution in [3.05, 3.63) is 59.7 Å². The van der Waals surface area contributed by atoms with Crippen molar-refractivity contribution in [2.75, 3.05) is 39.8 Å². The molecule has 0 fully saturated rings. The van der Waals surface area contributed by atoms with Crippen molar-refractivity contribution < 1.29 is 14.3 Å². The van der Waals surface area contributed by atoms with Crippen LogP contribution in [-0.2, 0) is 4.74 Å². The van der Waals surface area contributed by atoms with Gasteiger partial charge >= 0.3 is 0 Å². The number of hydrogen-bond donors (Lipinski definition) is 1. The molecule has 0 aliphatic carbocycles. The lowest BCUT2D eigenvalue weighted by atomic mass is 10.1. The van der Waals surface area contributed by atoms with E-state index in [1.54, 1.807) is 14.2 Å². The Balaban J connectivity index is 2.03. The SMILES string of the molecule is COc1ccccc1C(CNC(=O)c1ccc(N(C)C)cc1)OC. The van der Waals surface area contributed by atoms with E-state index in [-0.39, 0.29) is 12.0 Å². The van der Waals surface area contributed by atoms with Crippen LogP contribution in [0.15, 0.2) is 48.5 Å². The molecule has 0 aliphatic rings. The molecule has 0 heterocycles. The van der Waals surface area contributed by atoms with Gasteiger partial charge in [0, 0.05) is 44.6 Å². The predicted molar refractivity (Wildman–Crippen MR) is 95.8 cm³/mol. The summed E-state index contributed by atoms with van der Waals surface area (Å²) in [6, 6.07) is 15.1. The van der Waals surface area contributed by atoms with Crippen LogP contribution in [0.2, 0.25) is 0 Å². The third-order valence-corrected chi connectivity index (χ3v) is 3.86. The van der Waals surface area contributed by atoms with E-state index >= 15 is 0 Å². The lowest BCUT2D eigenvalue weighted by Crippen LogP contribution is -2.29. The van der Waals surface area contributed by atoms with Gasteiger partial charge in [-0.05, 0) is 30.3 Å². The first-order chi connectivity index (χ1) is 11.6. The summed E-state index contributed by atoms with van der Waals surface area (Å²) in [6.45, 7) is 0.366. The summed E-state index contributed by atoms with van der Waals surface area (Å²) < 4.78 is 10.9. The van der Waals surface area contributed by atoms with Gasteiger partial charge in [-0.15, -0.1) is 0 Å². The second-order valence-corrected chi connectivity index (χ2v) is 5.62. The first-order valence-electron chi connectivity index (χ1n) is 7.78. The van der Waals surface area contributed by atoms with Gasteiger partial charge in [0.2, 0.25) is 0 Å². The monoisotopic (exact) mass is 328 g/mol. The van der Waals surface area contributed by atoms with Crippen LogP contribution in [0.5, 0.6) is 5.75 Å². The van der Waals surface area contributed by atoms with Crippen LogP contribution in [0.4, 0.5) is 5.69 Å². The van der Waals surface area contributed by atoms with Gasteiger partial charge in [0.05, 0.1) is 7.11 Å². The first-order valence-corrected chi connectivity index (χ1v) is 7.78. The number of nitrogens with one attached hydrogen (secondary N) is 1. The molecule has 0 aromatic heterocycles.